The first-order chi connectivity index (χ1) is 13.3. The molecule has 0 saturated carbocycles. The lowest BCUT2D eigenvalue weighted by Crippen LogP contribution is -2.31. The number of carbonyl (C=O) groups is 1. The molecule has 1 fully saturated rings. The maximum Gasteiger partial charge on any atom is 0.413 e. The Morgan fingerprint density at radius 2 is 2.21 bits per heavy atom. The highest BCUT2D eigenvalue weighted by molar-refractivity contribution is 5.86. The summed E-state index contributed by atoms with van der Waals surface area (Å²) in [5.74, 6) is 0.104. The average Bonchev–Trinajstić information content (AvgIpc) is 3.08. The van der Waals surface area contributed by atoms with E-state index in [0.717, 1.165) is 19.3 Å². The summed E-state index contributed by atoms with van der Waals surface area (Å²) < 4.78 is 17.7. The molecule has 3 rings (SSSR count). The summed E-state index contributed by atoms with van der Waals surface area (Å²) >= 11 is 0. The average molecular weight is 394 g/mol. The van der Waals surface area contributed by atoms with Gasteiger partial charge < -0.3 is 19.0 Å². The van der Waals surface area contributed by atoms with Gasteiger partial charge in [0.2, 0.25) is 6.23 Å². The zero-order valence-electron chi connectivity index (χ0n) is 16.3. The minimum atomic E-state index is -0.679. The van der Waals surface area contributed by atoms with Gasteiger partial charge in [-0.25, -0.2) is 9.59 Å². The van der Waals surface area contributed by atoms with Crippen molar-refractivity contribution >= 4 is 17.6 Å². The van der Waals surface area contributed by atoms with Crippen LogP contribution in [0, 0.1) is 0 Å². The van der Waals surface area contributed by atoms with Crippen LogP contribution in [0.1, 0.15) is 52.7 Å². The summed E-state index contributed by atoms with van der Waals surface area (Å²) in [5, 5.41) is 6.42. The van der Waals surface area contributed by atoms with Crippen molar-refractivity contribution in [1.29, 1.82) is 0 Å². The Morgan fingerprint density at radius 3 is 2.89 bits per heavy atom. The van der Waals surface area contributed by atoms with Gasteiger partial charge in [0.1, 0.15) is 11.4 Å². The van der Waals surface area contributed by atoms with Crippen molar-refractivity contribution in [2.75, 3.05) is 18.5 Å². The van der Waals surface area contributed by atoms with E-state index < -0.39 is 23.6 Å². The molecule has 10 heteroatoms. The second-order valence-corrected chi connectivity index (χ2v) is 7.66. The van der Waals surface area contributed by atoms with Gasteiger partial charge in [0.05, 0.1) is 18.7 Å². The van der Waals surface area contributed by atoms with Crippen LogP contribution in [0.5, 0.6) is 0 Å². The molecule has 1 aromatic heterocycles. The number of carbonyl (C=O) groups excluding carboxylic acids is 1. The highest BCUT2D eigenvalue weighted by Crippen LogP contribution is 2.21. The van der Waals surface area contributed by atoms with Crippen LogP contribution in [0.3, 0.4) is 0 Å². The number of hydrogen-bond donors (Lipinski definition) is 1. The molecule has 0 bridgehead atoms. The van der Waals surface area contributed by atoms with Crippen LogP contribution >= 0.6 is 0 Å². The van der Waals surface area contributed by atoms with Crippen molar-refractivity contribution in [1.82, 2.24) is 9.55 Å². The van der Waals surface area contributed by atoms with Crippen molar-refractivity contribution in [3.63, 3.8) is 0 Å². The maximum absolute atomic E-state index is 12.3. The highest BCUT2D eigenvalue weighted by Gasteiger charge is 2.25. The van der Waals surface area contributed by atoms with E-state index in [1.807, 2.05) is 0 Å². The van der Waals surface area contributed by atoms with E-state index in [2.05, 4.69) is 15.5 Å². The molecule has 1 saturated heterocycles. The van der Waals surface area contributed by atoms with Crippen LogP contribution in [-0.2, 0) is 19.0 Å². The number of rotatable bonds is 5. The largest absolute Gasteiger partial charge is 0.444 e. The molecule has 28 heavy (non-hydrogen) atoms. The van der Waals surface area contributed by atoms with Gasteiger partial charge in [0, 0.05) is 12.8 Å². The lowest BCUT2D eigenvalue weighted by atomic mass is 10.2. The van der Waals surface area contributed by atoms with E-state index >= 15 is 0 Å². The predicted octanol–water partition coefficient (Wildman–Crippen LogP) is 2.41. The first kappa shape index (κ1) is 20.3. The molecule has 2 aliphatic rings. The summed E-state index contributed by atoms with van der Waals surface area (Å²) in [6.45, 7) is 6.24. The standard InChI is InChI=1S/C18H26N4O6/c1-18(2,3)27-17(24)20-13-7-8-22(16(23)19-13)14-10-12(21-28-14)11-26-15-6-4-5-9-25-15/h7-8,14-15H,4-6,9-11H2,1-3H3,(H,19,20,23,24). The molecule has 1 N–H and O–H groups in total. The maximum atomic E-state index is 12.3. The van der Waals surface area contributed by atoms with Crippen LogP contribution < -0.4 is 11.0 Å². The molecule has 1 amide bonds. The minimum absolute atomic E-state index is 0.104. The predicted molar refractivity (Wildman–Crippen MR) is 100 cm³/mol. The van der Waals surface area contributed by atoms with Gasteiger partial charge in [-0.3, -0.25) is 9.88 Å². The first-order valence-corrected chi connectivity index (χ1v) is 9.34. The number of ether oxygens (including phenoxy) is 3. The number of amides is 1. The number of aromatic nitrogens is 2. The fourth-order valence-electron chi connectivity index (χ4n) is 2.79. The zero-order chi connectivity index (χ0) is 20.1. The van der Waals surface area contributed by atoms with Crippen LogP contribution in [0.15, 0.2) is 22.2 Å². The number of nitrogens with one attached hydrogen (secondary N) is 1. The smallest absolute Gasteiger partial charge is 0.413 e. The van der Waals surface area contributed by atoms with Gasteiger partial charge in [-0.15, -0.1) is 0 Å². The Kier molecular flexibility index (Phi) is 6.30. The second kappa shape index (κ2) is 8.70. The van der Waals surface area contributed by atoms with E-state index in [-0.39, 0.29) is 12.1 Å². The summed E-state index contributed by atoms with van der Waals surface area (Å²) in [4.78, 5) is 33.2. The van der Waals surface area contributed by atoms with E-state index in [1.165, 1.54) is 16.8 Å². The normalized spacial score (nSPS) is 22.3. The lowest BCUT2D eigenvalue weighted by molar-refractivity contribution is -0.153. The first-order valence-electron chi connectivity index (χ1n) is 9.34. The van der Waals surface area contributed by atoms with Gasteiger partial charge in [-0.1, -0.05) is 5.16 Å². The molecule has 3 heterocycles. The van der Waals surface area contributed by atoms with E-state index in [1.54, 1.807) is 20.8 Å². The summed E-state index contributed by atoms with van der Waals surface area (Å²) in [7, 11) is 0. The van der Waals surface area contributed by atoms with Crippen LogP contribution in [-0.4, -0.2) is 46.5 Å². The second-order valence-electron chi connectivity index (χ2n) is 7.66. The van der Waals surface area contributed by atoms with Crippen molar-refractivity contribution < 1.29 is 23.8 Å². The fraction of sp³-hybridized carbons (Fsp3) is 0.667. The number of anilines is 1. The number of hydrogen-bond acceptors (Lipinski definition) is 8. The van der Waals surface area contributed by atoms with Crippen molar-refractivity contribution in [3.8, 4) is 0 Å². The molecule has 2 atom stereocenters. The molecule has 0 radical (unpaired) electrons. The third-order valence-electron chi connectivity index (χ3n) is 4.06. The van der Waals surface area contributed by atoms with Crippen molar-refractivity contribution in [2.24, 2.45) is 5.16 Å². The Hall–Kier alpha value is -2.46. The van der Waals surface area contributed by atoms with Crippen molar-refractivity contribution in [2.45, 2.75) is 64.6 Å². The SMILES string of the molecule is CC(C)(C)OC(=O)Nc1ccn(C2CC(COC3CCCCO3)=NO2)c(=O)n1. The molecule has 2 unspecified atom stereocenters. The van der Waals surface area contributed by atoms with E-state index in [0.29, 0.717) is 25.3 Å². The third kappa shape index (κ3) is 5.77. The molecule has 0 aliphatic carbocycles. The summed E-state index contributed by atoms with van der Waals surface area (Å²) in [6.07, 6.45) is 3.43. The van der Waals surface area contributed by atoms with Crippen LogP contribution in [0.4, 0.5) is 10.6 Å². The topological polar surface area (TPSA) is 113 Å². The molecule has 154 valence electrons. The molecule has 0 aromatic carbocycles. The summed E-state index contributed by atoms with van der Waals surface area (Å²) in [6, 6.07) is 1.50. The molecular weight excluding hydrogens is 368 g/mol. The summed E-state index contributed by atoms with van der Waals surface area (Å²) in [5.41, 5.74) is -0.511. The molecule has 10 nitrogen and oxygen atoms in total. The Labute approximate surface area is 162 Å². The monoisotopic (exact) mass is 394 g/mol. The fourth-order valence-corrected chi connectivity index (χ4v) is 2.79. The third-order valence-corrected chi connectivity index (χ3v) is 4.06. The quantitative estimate of drug-likeness (QED) is 0.816. The minimum Gasteiger partial charge on any atom is -0.444 e. The lowest BCUT2D eigenvalue weighted by Gasteiger charge is -2.22. The van der Waals surface area contributed by atoms with E-state index in [9.17, 15) is 9.59 Å². The zero-order valence-corrected chi connectivity index (χ0v) is 16.3. The van der Waals surface area contributed by atoms with Gasteiger partial charge >= 0.3 is 11.8 Å². The number of oxime groups is 1. The molecule has 0 spiro atoms. The van der Waals surface area contributed by atoms with Crippen LogP contribution in [0.25, 0.3) is 0 Å². The highest BCUT2D eigenvalue weighted by atomic mass is 16.7. The number of nitrogens with zero attached hydrogens (tertiary/aromatic N) is 3. The Bertz CT molecular complexity index is 779. The Balaban J connectivity index is 1.52. The van der Waals surface area contributed by atoms with Gasteiger partial charge in [-0.2, -0.15) is 4.98 Å². The Morgan fingerprint density at radius 1 is 1.39 bits per heavy atom. The van der Waals surface area contributed by atoms with Gasteiger partial charge in [0.15, 0.2) is 6.29 Å². The van der Waals surface area contributed by atoms with E-state index in [4.69, 9.17) is 19.0 Å². The molecule has 1 aromatic rings. The molecular formula is C18H26N4O6. The van der Waals surface area contributed by atoms with Gasteiger partial charge in [-0.05, 0) is 46.1 Å². The van der Waals surface area contributed by atoms with Crippen molar-refractivity contribution in [3.05, 3.63) is 22.7 Å². The van der Waals surface area contributed by atoms with Crippen LogP contribution in [0.2, 0.25) is 0 Å². The molecule has 2 aliphatic heterocycles. The van der Waals surface area contributed by atoms with Gasteiger partial charge in [0.25, 0.3) is 0 Å².